The Bertz CT molecular complexity index is 759. The maximum absolute atomic E-state index is 12.3. The highest BCUT2D eigenvalue weighted by atomic mass is 32.2. The topological polar surface area (TPSA) is 54.0 Å². The Morgan fingerprint density at radius 2 is 1.57 bits per heavy atom. The quantitative estimate of drug-likeness (QED) is 0.634. The molecule has 0 saturated heterocycles. The third-order valence-corrected chi connectivity index (χ3v) is 4.57. The number of ketones is 1. The molecule has 118 valence electrons. The highest BCUT2D eigenvalue weighted by Crippen LogP contribution is 2.35. The van der Waals surface area contributed by atoms with Gasteiger partial charge in [-0.1, -0.05) is 0 Å². The lowest BCUT2D eigenvalue weighted by molar-refractivity contribution is 0.102. The van der Waals surface area contributed by atoms with E-state index in [0.29, 0.717) is 36.0 Å². The van der Waals surface area contributed by atoms with Gasteiger partial charge in [0.2, 0.25) is 6.79 Å². The molecule has 5 nitrogen and oxygen atoms in total. The standard InChI is InChI=1S/C17H14O5S/c18-13(11-1-3-15-16(7-11)22-10-21-15)9-23-12-2-4-14-17(8-12)20-6-5-19-14/h1-4,7-8H,5-6,9-10H2. The van der Waals surface area contributed by atoms with Crippen molar-refractivity contribution in [2.45, 2.75) is 4.90 Å². The number of carbonyl (C=O) groups is 1. The van der Waals surface area contributed by atoms with Crippen LogP contribution in [0.2, 0.25) is 0 Å². The summed E-state index contributed by atoms with van der Waals surface area (Å²) in [4.78, 5) is 13.3. The first-order valence-corrected chi connectivity index (χ1v) is 8.23. The summed E-state index contributed by atoms with van der Waals surface area (Å²) in [6, 6.07) is 11.0. The van der Waals surface area contributed by atoms with E-state index in [2.05, 4.69) is 0 Å². The second-order valence-corrected chi connectivity index (χ2v) is 6.13. The van der Waals surface area contributed by atoms with Gasteiger partial charge < -0.3 is 18.9 Å². The zero-order valence-electron chi connectivity index (χ0n) is 12.2. The van der Waals surface area contributed by atoms with Crippen LogP contribution in [0.1, 0.15) is 10.4 Å². The van der Waals surface area contributed by atoms with Gasteiger partial charge in [0.1, 0.15) is 13.2 Å². The number of fused-ring (bicyclic) bond motifs is 2. The third-order valence-electron chi connectivity index (χ3n) is 3.58. The monoisotopic (exact) mass is 330 g/mol. The molecule has 2 aromatic rings. The highest BCUT2D eigenvalue weighted by molar-refractivity contribution is 8.00. The van der Waals surface area contributed by atoms with Crippen molar-refractivity contribution in [1.29, 1.82) is 0 Å². The van der Waals surface area contributed by atoms with Gasteiger partial charge in [-0.2, -0.15) is 0 Å². The summed E-state index contributed by atoms with van der Waals surface area (Å²) in [5, 5.41) is 0. The average Bonchev–Trinajstić information content (AvgIpc) is 3.07. The van der Waals surface area contributed by atoms with Crippen molar-refractivity contribution in [1.82, 2.24) is 0 Å². The van der Waals surface area contributed by atoms with E-state index in [4.69, 9.17) is 18.9 Å². The van der Waals surface area contributed by atoms with Crippen molar-refractivity contribution in [2.24, 2.45) is 0 Å². The normalized spacial score (nSPS) is 14.6. The molecule has 0 spiro atoms. The van der Waals surface area contributed by atoms with E-state index in [0.717, 1.165) is 16.4 Å². The highest BCUT2D eigenvalue weighted by Gasteiger charge is 2.17. The molecule has 23 heavy (non-hydrogen) atoms. The zero-order valence-corrected chi connectivity index (χ0v) is 13.1. The van der Waals surface area contributed by atoms with Crippen molar-refractivity contribution >= 4 is 17.5 Å². The molecule has 0 amide bonds. The molecule has 6 heteroatoms. The lowest BCUT2D eigenvalue weighted by atomic mass is 10.1. The smallest absolute Gasteiger partial charge is 0.231 e. The molecule has 0 aliphatic carbocycles. The Kier molecular flexibility index (Phi) is 3.75. The van der Waals surface area contributed by atoms with Gasteiger partial charge in [-0.3, -0.25) is 4.79 Å². The molecule has 0 fully saturated rings. The number of hydrogen-bond donors (Lipinski definition) is 0. The fraction of sp³-hybridized carbons (Fsp3) is 0.235. The predicted molar refractivity (Wildman–Crippen MR) is 85.1 cm³/mol. The molecule has 0 bridgehead atoms. The van der Waals surface area contributed by atoms with Gasteiger partial charge in [-0.05, 0) is 36.4 Å². The van der Waals surface area contributed by atoms with Crippen LogP contribution in [0.5, 0.6) is 23.0 Å². The van der Waals surface area contributed by atoms with Crippen molar-refractivity contribution in [3.05, 3.63) is 42.0 Å². The molecule has 2 aromatic carbocycles. The predicted octanol–water partition coefficient (Wildman–Crippen LogP) is 3.16. The molecule has 0 atom stereocenters. The fourth-order valence-corrected chi connectivity index (χ4v) is 3.23. The molecule has 0 unspecified atom stereocenters. The van der Waals surface area contributed by atoms with Gasteiger partial charge >= 0.3 is 0 Å². The van der Waals surface area contributed by atoms with Crippen LogP contribution in [0.25, 0.3) is 0 Å². The molecule has 2 aliphatic heterocycles. The molecule has 0 aromatic heterocycles. The number of carbonyl (C=O) groups excluding carboxylic acids is 1. The average molecular weight is 330 g/mol. The number of Topliss-reactive ketones (excluding diaryl/α,β-unsaturated/α-hetero) is 1. The molecule has 0 radical (unpaired) electrons. The summed E-state index contributed by atoms with van der Waals surface area (Å²) >= 11 is 1.47. The Morgan fingerprint density at radius 3 is 2.48 bits per heavy atom. The lowest BCUT2D eigenvalue weighted by Crippen LogP contribution is -2.15. The number of hydrogen-bond acceptors (Lipinski definition) is 6. The van der Waals surface area contributed by atoms with Crippen molar-refractivity contribution < 1.29 is 23.7 Å². The van der Waals surface area contributed by atoms with Gasteiger partial charge in [-0.15, -0.1) is 11.8 Å². The molecule has 0 N–H and O–H groups in total. The van der Waals surface area contributed by atoms with Crippen LogP contribution in [-0.4, -0.2) is 31.5 Å². The number of rotatable bonds is 4. The van der Waals surface area contributed by atoms with Crippen LogP contribution in [0.4, 0.5) is 0 Å². The van der Waals surface area contributed by atoms with Crippen molar-refractivity contribution in [3.8, 4) is 23.0 Å². The SMILES string of the molecule is O=C(CSc1ccc2c(c1)OCCO2)c1ccc2c(c1)OCO2. The van der Waals surface area contributed by atoms with Crippen LogP contribution < -0.4 is 18.9 Å². The van der Waals surface area contributed by atoms with E-state index in [9.17, 15) is 4.79 Å². The Labute approximate surface area is 137 Å². The van der Waals surface area contributed by atoms with Gasteiger partial charge in [0.25, 0.3) is 0 Å². The van der Waals surface area contributed by atoms with E-state index < -0.39 is 0 Å². The minimum atomic E-state index is 0.0446. The van der Waals surface area contributed by atoms with E-state index in [1.54, 1.807) is 18.2 Å². The third kappa shape index (κ3) is 2.94. The molecule has 4 rings (SSSR count). The Balaban J connectivity index is 1.43. The minimum Gasteiger partial charge on any atom is -0.486 e. The van der Waals surface area contributed by atoms with Gasteiger partial charge in [0, 0.05) is 10.5 Å². The second-order valence-electron chi connectivity index (χ2n) is 5.09. The molecule has 2 aliphatic rings. The largest absolute Gasteiger partial charge is 0.486 e. The van der Waals surface area contributed by atoms with Crippen molar-refractivity contribution in [3.63, 3.8) is 0 Å². The first-order chi connectivity index (χ1) is 11.3. The first kappa shape index (κ1) is 14.3. The summed E-state index contributed by atoms with van der Waals surface area (Å²) in [5.74, 6) is 3.18. The molecular weight excluding hydrogens is 316 g/mol. The van der Waals surface area contributed by atoms with E-state index in [-0.39, 0.29) is 12.6 Å². The summed E-state index contributed by atoms with van der Waals surface area (Å²) < 4.78 is 21.6. The van der Waals surface area contributed by atoms with Gasteiger partial charge in [-0.25, -0.2) is 0 Å². The lowest BCUT2D eigenvalue weighted by Gasteiger charge is -2.18. The number of ether oxygens (including phenoxy) is 4. The second kappa shape index (κ2) is 6.04. The summed E-state index contributed by atoms with van der Waals surface area (Å²) in [5.41, 5.74) is 0.624. The summed E-state index contributed by atoms with van der Waals surface area (Å²) in [6.07, 6.45) is 0. The van der Waals surface area contributed by atoms with E-state index in [1.807, 2.05) is 18.2 Å². The van der Waals surface area contributed by atoms with Crippen molar-refractivity contribution in [2.75, 3.05) is 25.8 Å². The van der Waals surface area contributed by atoms with Gasteiger partial charge in [0.05, 0.1) is 5.75 Å². The summed E-state index contributed by atoms with van der Waals surface area (Å²) in [7, 11) is 0. The molecule has 0 saturated carbocycles. The Hall–Kier alpha value is -2.34. The van der Waals surface area contributed by atoms with Crippen LogP contribution in [0.15, 0.2) is 41.3 Å². The van der Waals surface area contributed by atoms with E-state index >= 15 is 0 Å². The van der Waals surface area contributed by atoms with E-state index in [1.165, 1.54) is 11.8 Å². The summed E-state index contributed by atoms with van der Waals surface area (Å²) in [6.45, 7) is 1.33. The fourth-order valence-electron chi connectivity index (χ4n) is 2.42. The number of benzene rings is 2. The van der Waals surface area contributed by atoms with Crippen LogP contribution in [0.3, 0.4) is 0 Å². The maximum atomic E-state index is 12.3. The van der Waals surface area contributed by atoms with Crippen LogP contribution in [-0.2, 0) is 0 Å². The Morgan fingerprint density at radius 1 is 0.870 bits per heavy atom. The minimum absolute atomic E-state index is 0.0446. The van der Waals surface area contributed by atoms with Crippen LogP contribution >= 0.6 is 11.8 Å². The number of thioether (sulfide) groups is 1. The molecule has 2 heterocycles. The van der Waals surface area contributed by atoms with Crippen LogP contribution in [0, 0.1) is 0 Å². The molecular formula is C17H14O5S. The zero-order chi connectivity index (χ0) is 15.6. The first-order valence-electron chi connectivity index (χ1n) is 7.25. The van der Waals surface area contributed by atoms with Gasteiger partial charge in [0.15, 0.2) is 28.8 Å². The maximum Gasteiger partial charge on any atom is 0.231 e.